The zero-order valence-corrected chi connectivity index (χ0v) is 16.0. The molecule has 2 unspecified atom stereocenters. The van der Waals surface area contributed by atoms with Gasteiger partial charge in [-0.05, 0) is 30.7 Å². The summed E-state index contributed by atoms with van der Waals surface area (Å²) in [5, 5.41) is 8.75. The molecule has 0 saturated carbocycles. The molecule has 3 rings (SSSR count). The Bertz CT molecular complexity index is 855. The number of amides is 1. The summed E-state index contributed by atoms with van der Waals surface area (Å²) in [6, 6.07) is 9.09. The number of halogens is 1. The van der Waals surface area contributed by atoms with E-state index in [-0.39, 0.29) is 31.8 Å². The third kappa shape index (κ3) is 4.91. The van der Waals surface area contributed by atoms with Gasteiger partial charge in [0.15, 0.2) is 0 Å². The van der Waals surface area contributed by atoms with E-state index in [1.807, 2.05) is 11.0 Å². The molecule has 10 heteroatoms. The lowest BCUT2D eigenvalue weighted by Gasteiger charge is -2.35. The number of hydrogen-bond donors (Lipinski definition) is 1. The molecular weight excluding hydrogens is 389 g/mol. The minimum absolute atomic E-state index is 0.0225. The van der Waals surface area contributed by atoms with Gasteiger partial charge in [-0.3, -0.25) is 9.45 Å². The van der Waals surface area contributed by atoms with Crippen LogP contribution in [0.4, 0.5) is 20.6 Å². The van der Waals surface area contributed by atoms with Crippen LogP contribution in [0.25, 0.3) is 0 Å². The van der Waals surface area contributed by atoms with E-state index in [0.29, 0.717) is 18.7 Å². The van der Waals surface area contributed by atoms with Gasteiger partial charge >= 0.3 is 6.09 Å². The second-order valence-corrected chi connectivity index (χ2v) is 8.65. The minimum atomic E-state index is -4.11. The number of hydrogen-bond acceptors (Lipinski definition) is 6. The number of cyclic esters (lactones) is 1. The van der Waals surface area contributed by atoms with Crippen molar-refractivity contribution < 1.29 is 26.9 Å². The molecule has 2 aliphatic heterocycles. The summed E-state index contributed by atoms with van der Waals surface area (Å²) in [4.78, 5) is 15.4. The summed E-state index contributed by atoms with van der Waals surface area (Å²) < 4.78 is 49.9. The van der Waals surface area contributed by atoms with E-state index in [9.17, 15) is 17.6 Å². The van der Waals surface area contributed by atoms with E-state index >= 15 is 0 Å². The van der Waals surface area contributed by atoms with E-state index in [1.54, 1.807) is 24.3 Å². The van der Waals surface area contributed by atoms with Gasteiger partial charge in [0.1, 0.15) is 12.3 Å². The van der Waals surface area contributed by atoms with Gasteiger partial charge in [-0.15, -0.1) is 0 Å². The summed E-state index contributed by atoms with van der Waals surface area (Å²) in [5.74, 6) is -0.691. The molecule has 1 N–H and O–H groups in total. The van der Waals surface area contributed by atoms with Gasteiger partial charge in [0.05, 0.1) is 18.4 Å². The first-order valence-corrected chi connectivity index (χ1v) is 10.7. The molecule has 152 valence electrons. The Kier molecular flexibility index (Phi) is 6.05. The topological polar surface area (TPSA) is 111 Å². The first-order valence-electron chi connectivity index (χ1n) is 9.06. The molecular formula is C18H22FN3O5S. The highest BCUT2D eigenvalue weighted by Crippen LogP contribution is 2.30. The predicted octanol–water partition coefficient (Wildman–Crippen LogP) is 2.37. The van der Waals surface area contributed by atoms with Crippen LogP contribution in [0.15, 0.2) is 24.3 Å². The van der Waals surface area contributed by atoms with E-state index in [4.69, 9.17) is 14.6 Å². The number of nitrogens with zero attached hydrogens (tertiary/aromatic N) is 3. The van der Waals surface area contributed by atoms with Crippen molar-refractivity contribution in [2.24, 2.45) is 5.92 Å². The fourth-order valence-electron chi connectivity index (χ4n) is 3.54. The SMILES string of the molecule is N#CCC1CCN(c2ccc(N3CC(CCS(=O)(=O)O)OC3=O)cc2)C[C@@H]1F. The van der Waals surface area contributed by atoms with Gasteiger partial charge in [-0.25, -0.2) is 9.18 Å². The van der Waals surface area contributed by atoms with Crippen LogP contribution in [0.3, 0.4) is 0 Å². The van der Waals surface area contributed by atoms with Crippen molar-refractivity contribution in [2.75, 3.05) is 35.2 Å². The van der Waals surface area contributed by atoms with Crippen LogP contribution in [0, 0.1) is 17.2 Å². The summed E-state index contributed by atoms with van der Waals surface area (Å²) in [6.45, 7) is 1.09. The lowest BCUT2D eigenvalue weighted by Crippen LogP contribution is -2.41. The van der Waals surface area contributed by atoms with Crippen LogP contribution in [-0.4, -0.2) is 56.7 Å². The number of ether oxygens (including phenoxy) is 1. The number of piperidine rings is 1. The van der Waals surface area contributed by atoms with Crippen molar-refractivity contribution in [1.82, 2.24) is 0 Å². The molecule has 0 bridgehead atoms. The maximum atomic E-state index is 14.2. The van der Waals surface area contributed by atoms with Gasteiger partial charge in [-0.2, -0.15) is 13.7 Å². The molecule has 1 aromatic rings. The van der Waals surface area contributed by atoms with Crippen LogP contribution >= 0.6 is 0 Å². The highest BCUT2D eigenvalue weighted by atomic mass is 32.2. The highest BCUT2D eigenvalue weighted by Gasteiger charge is 2.33. The number of rotatable bonds is 6. The Morgan fingerprint density at radius 1 is 1.25 bits per heavy atom. The molecule has 2 saturated heterocycles. The Morgan fingerprint density at radius 2 is 1.93 bits per heavy atom. The molecule has 0 radical (unpaired) electrons. The maximum absolute atomic E-state index is 14.2. The molecule has 3 atom stereocenters. The van der Waals surface area contributed by atoms with Crippen molar-refractivity contribution in [2.45, 2.75) is 31.5 Å². The first-order chi connectivity index (χ1) is 13.3. The molecule has 1 amide bonds. The van der Waals surface area contributed by atoms with Crippen molar-refractivity contribution in [3.63, 3.8) is 0 Å². The number of nitriles is 1. The average molecular weight is 411 g/mol. The highest BCUT2D eigenvalue weighted by molar-refractivity contribution is 7.85. The molecule has 2 fully saturated rings. The lowest BCUT2D eigenvalue weighted by molar-refractivity contribution is 0.139. The van der Waals surface area contributed by atoms with Crippen LogP contribution in [0.5, 0.6) is 0 Å². The van der Waals surface area contributed by atoms with E-state index in [1.165, 1.54) is 4.90 Å². The minimum Gasteiger partial charge on any atom is -0.444 e. The van der Waals surface area contributed by atoms with Gasteiger partial charge in [0, 0.05) is 43.2 Å². The molecule has 8 nitrogen and oxygen atoms in total. The molecule has 1 aromatic carbocycles. The number of carbonyl (C=O) groups is 1. The Labute approximate surface area is 163 Å². The Hall–Kier alpha value is -2.38. The molecule has 0 aliphatic carbocycles. The smallest absolute Gasteiger partial charge is 0.414 e. The monoisotopic (exact) mass is 411 g/mol. The second kappa shape index (κ2) is 8.32. The zero-order valence-electron chi connectivity index (χ0n) is 15.2. The van der Waals surface area contributed by atoms with E-state index in [2.05, 4.69) is 0 Å². The average Bonchev–Trinajstić information content (AvgIpc) is 3.02. The molecule has 28 heavy (non-hydrogen) atoms. The number of alkyl halides is 1. The molecule has 0 aromatic heterocycles. The molecule has 2 aliphatic rings. The van der Waals surface area contributed by atoms with E-state index in [0.717, 1.165) is 5.69 Å². The summed E-state index contributed by atoms with van der Waals surface area (Å²) >= 11 is 0. The fraction of sp³-hybridized carbons (Fsp3) is 0.556. The molecule has 0 spiro atoms. The second-order valence-electron chi connectivity index (χ2n) is 7.08. The van der Waals surface area contributed by atoms with Crippen molar-refractivity contribution in [3.8, 4) is 6.07 Å². The number of benzene rings is 1. The largest absolute Gasteiger partial charge is 0.444 e. The Morgan fingerprint density at radius 3 is 2.54 bits per heavy atom. The van der Waals surface area contributed by atoms with Crippen LogP contribution in [0.1, 0.15) is 19.3 Å². The van der Waals surface area contributed by atoms with Gasteiger partial charge in [0.25, 0.3) is 10.1 Å². The molecule has 2 heterocycles. The van der Waals surface area contributed by atoms with E-state index < -0.39 is 34.2 Å². The van der Waals surface area contributed by atoms with Gasteiger partial charge in [-0.1, -0.05) is 0 Å². The maximum Gasteiger partial charge on any atom is 0.414 e. The third-order valence-electron chi connectivity index (χ3n) is 5.13. The number of anilines is 2. The van der Waals surface area contributed by atoms with Gasteiger partial charge in [0.2, 0.25) is 0 Å². The Balaban J connectivity index is 1.60. The summed E-state index contributed by atoms with van der Waals surface area (Å²) in [7, 11) is -4.11. The normalized spacial score (nSPS) is 25.5. The van der Waals surface area contributed by atoms with Crippen LogP contribution in [0.2, 0.25) is 0 Å². The van der Waals surface area contributed by atoms with Crippen LogP contribution in [-0.2, 0) is 14.9 Å². The summed E-state index contributed by atoms with van der Waals surface area (Å²) in [6.07, 6.45) is -1.37. The lowest BCUT2D eigenvalue weighted by atomic mass is 9.92. The quantitative estimate of drug-likeness (QED) is 0.715. The van der Waals surface area contributed by atoms with Gasteiger partial charge < -0.3 is 9.64 Å². The first kappa shape index (κ1) is 20.4. The zero-order chi connectivity index (χ0) is 20.3. The van der Waals surface area contributed by atoms with Crippen molar-refractivity contribution in [1.29, 1.82) is 5.26 Å². The predicted molar refractivity (Wildman–Crippen MR) is 101 cm³/mol. The standard InChI is InChI=1S/C18H22FN3O5S/c19-17-12-21(9-6-13(17)5-8-20)14-1-3-15(4-2-14)22-11-16(27-18(22)23)7-10-28(24,25)26/h1-4,13,16-17H,5-7,9-12H2,(H,24,25,26)/t13?,16?,17-/m0/s1. The van der Waals surface area contributed by atoms with Crippen molar-refractivity contribution >= 4 is 27.6 Å². The number of carbonyl (C=O) groups excluding carboxylic acids is 1. The summed E-state index contributed by atoms with van der Waals surface area (Å²) in [5.41, 5.74) is 1.43. The fourth-order valence-corrected chi connectivity index (χ4v) is 4.10. The van der Waals surface area contributed by atoms with Crippen LogP contribution < -0.4 is 9.80 Å². The third-order valence-corrected chi connectivity index (χ3v) is 5.88. The van der Waals surface area contributed by atoms with Crippen molar-refractivity contribution in [3.05, 3.63) is 24.3 Å².